The van der Waals surface area contributed by atoms with E-state index in [0.29, 0.717) is 0 Å². The maximum absolute atomic E-state index is 12.6. The third-order valence-corrected chi connectivity index (χ3v) is 4.46. The maximum Gasteiger partial charge on any atom is 0.240 e. The number of benzene rings is 1. The van der Waals surface area contributed by atoms with Gasteiger partial charge < -0.3 is 4.90 Å². The fraction of sp³-hybridized carbons (Fsp3) is 0.533. The van der Waals surface area contributed by atoms with Gasteiger partial charge in [0.25, 0.3) is 0 Å². The number of nitrogens with zero attached hydrogens (tertiary/aromatic N) is 1. The predicted molar refractivity (Wildman–Crippen MR) is 79.3 cm³/mol. The van der Waals surface area contributed by atoms with Gasteiger partial charge in [-0.3, -0.25) is 4.79 Å². The van der Waals surface area contributed by atoms with Gasteiger partial charge in [-0.1, -0.05) is 32.0 Å². The molecular formula is C15H21NOS. The van der Waals surface area contributed by atoms with Crippen LogP contribution in [0.2, 0.25) is 0 Å². The van der Waals surface area contributed by atoms with Crippen LogP contribution in [0.4, 0.5) is 5.69 Å². The first-order chi connectivity index (χ1) is 8.52. The number of amides is 1. The SMILES string of the molecule is CC(C)C(S)C(=O)N1c2ccccc2CCC1C. The summed E-state index contributed by atoms with van der Waals surface area (Å²) in [6.07, 6.45) is 2.08. The summed E-state index contributed by atoms with van der Waals surface area (Å²) in [5, 5.41) is -0.224. The molecule has 1 aromatic rings. The van der Waals surface area contributed by atoms with E-state index in [1.54, 1.807) is 0 Å². The topological polar surface area (TPSA) is 20.3 Å². The van der Waals surface area contributed by atoms with Crippen LogP contribution in [0.3, 0.4) is 0 Å². The first-order valence-electron chi connectivity index (χ1n) is 6.61. The summed E-state index contributed by atoms with van der Waals surface area (Å²) in [6, 6.07) is 8.47. The van der Waals surface area contributed by atoms with E-state index in [1.165, 1.54) is 5.56 Å². The molecule has 3 heteroatoms. The Kier molecular flexibility index (Phi) is 4.00. The molecule has 2 unspecified atom stereocenters. The van der Waals surface area contributed by atoms with Gasteiger partial charge >= 0.3 is 0 Å². The molecule has 2 nitrogen and oxygen atoms in total. The number of rotatable bonds is 2. The van der Waals surface area contributed by atoms with Crippen LogP contribution in [-0.4, -0.2) is 17.2 Å². The van der Waals surface area contributed by atoms with Gasteiger partial charge in [-0.25, -0.2) is 0 Å². The number of hydrogen-bond donors (Lipinski definition) is 1. The van der Waals surface area contributed by atoms with Crippen LogP contribution >= 0.6 is 12.6 Å². The lowest BCUT2D eigenvalue weighted by Crippen LogP contribution is -2.47. The lowest BCUT2D eigenvalue weighted by molar-refractivity contribution is -0.119. The minimum atomic E-state index is -0.224. The van der Waals surface area contributed by atoms with Gasteiger partial charge in [-0.05, 0) is 37.3 Å². The minimum absolute atomic E-state index is 0.132. The molecular weight excluding hydrogens is 242 g/mol. The predicted octanol–water partition coefficient (Wildman–Crippen LogP) is 3.31. The fourth-order valence-electron chi connectivity index (χ4n) is 2.45. The average Bonchev–Trinajstić information content (AvgIpc) is 2.37. The number of para-hydroxylation sites is 1. The lowest BCUT2D eigenvalue weighted by atomic mass is 9.95. The van der Waals surface area contributed by atoms with Gasteiger partial charge in [-0.15, -0.1) is 0 Å². The molecule has 1 heterocycles. The lowest BCUT2D eigenvalue weighted by Gasteiger charge is -2.37. The Labute approximate surface area is 115 Å². The molecule has 0 radical (unpaired) electrons. The zero-order chi connectivity index (χ0) is 13.3. The van der Waals surface area contributed by atoms with E-state index in [1.807, 2.05) is 36.9 Å². The molecule has 2 rings (SSSR count). The monoisotopic (exact) mass is 263 g/mol. The van der Waals surface area contributed by atoms with Gasteiger partial charge in [0.15, 0.2) is 0 Å². The summed E-state index contributed by atoms with van der Waals surface area (Å²) in [6.45, 7) is 6.20. The molecule has 0 bridgehead atoms. The van der Waals surface area contributed by atoms with Crippen molar-refractivity contribution >= 4 is 24.2 Å². The van der Waals surface area contributed by atoms with E-state index in [4.69, 9.17) is 0 Å². The van der Waals surface area contributed by atoms with Crippen molar-refractivity contribution in [2.45, 2.75) is 44.9 Å². The summed E-state index contributed by atoms with van der Waals surface area (Å²) < 4.78 is 0. The molecule has 0 saturated heterocycles. The molecule has 0 aromatic heterocycles. The molecule has 0 saturated carbocycles. The van der Waals surface area contributed by atoms with Crippen LogP contribution in [0.15, 0.2) is 24.3 Å². The first-order valence-corrected chi connectivity index (χ1v) is 7.13. The second-order valence-electron chi connectivity index (χ2n) is 5.41. The van der Waals surface area contributed by atoms with Crippen molar-refractivity contribution in [2.24, 2.45) is 5.92 Å². The number of fused-ring (bicyclic) bond motifs is 1. The Bertz CT molecular complexity index is 444. The van der Waals surface area contributed by atoms with Crippen molar-refractivity contribution < 1.29 is 4.79 Å². The van der Waals surface area contributed by atoms with Crippen LogP contribution in [0.1, 0.15) is 32.8 Å². The van der Waals surface area contributed by atoms with Crippen molar-refractivity contribution in [3.63, 3.8) is 0 Å². The minimum Gasteiger partial charge on any atom is -0.308 e. The van der Waals surface area contributed by atoms with E-state index >= 15 is 0 Å². The Morgan fingerprint density at radius 2 is 2.06 bits per heavy atom. The van der Waals surface area contributed by atoms with Gasteiger partial charge in [-0.2, -0.15) is 12.6 Å². The number of carbonyl (C=O) groups excluding carboxylic acids is 1. The van der Waals surface area contributed by atoms with E-state index in [2.05, 4.69) is 25.6 Å². The Morgan fingerprint density at radius 1 is 1.39 bits per heavy atom. The Morgan fingerprint density at radius 3 is 2.72 bits per heavy atom. The van der Waals surface area contributed by atoms with E-state index in [-0.39, 0.29) is 23.1 Å². The molecule has 1 aliphatic heterocycles. The highest BCUT2D eigenvalue weighted by molar-refractivity contribution is 7.81. The summed E-state index contributed by atoms with van der Waals surface area (Å²) >= 11 is 4.47. The Balaban J connectivity index is 2.35. The van der Waals surface area contributed by atoms with Crippen molar-refractivity contribution in [1.82, 2.24) is 0 Å². The van der Waals surface area contributed by atoms with Crippen molar-refractivity contribution in [3.8, 4) is 0 Å². The third kappa shape index (κ3) is 2.41. The van der Waals surface area contributed by atoms with Crippen LogP contribution < -0.4 is 4.90 Å². The van der Waals surface area contributed by atoms with Crippen molar-refractivity contribution in [2.75, 3.05) is 4.90 Å². The maximum atomic E-state index is 12.6. The molecule has 98 valence electrons. The average molecular weight is 263 g/mol. The third-order valence-electron chi connectivity index (χ3n) is 3.65. The highest BCUT2D eigenvalue weighted by Gasteiger charge is 2.32. The zero-order valence-corrected chi connectivity index (χ0v) is 12.2. The molecule has 0 spiro atoms. The highest BCUT2D eigenvalue weighted by atomic mass is 32.1. The largest absolute Gasteiger partial charge is 0.308 e. The van der Waals surface area contributed by atoms with Crippen LogP contribution in [0.25, 0.3) is 0 Å². The second-order valence-corrected chi connectivity index (χ2v) is 5.97. The molecule has 0 aliphatic carbocycles. The number of aryl methyl sites for hydroxylation is 1. The summed E-state index contributed by atoms with van der Waals surface area (Å²) in [5.74, 6) is 0.384. The van der Waals surface area contributed by atoms with Crippen LogP contribution in [0, 0.1) is 5.92 Å². The standard InChI is InChI=1S/C15H21NOS/c1-10(2)14(18)15(17)16-11(3)8-9-12-6-4-5-7-13(12)16/h4-7,10-11,14,18H,8-9H2,1-3H3. The quantitative estimate of drug-likeness (QED) is 0.812. The smallest absolute Gasteiger partial charge is 0.240 e. The molecule has 1 aliphatic rings. The normalized spacial score (nSPS) is 20.7. The highest BCUT2D eigenvalue weighted by Crippen LogP contribution is 2.32. The number of thiol groups is 1. The second kappa shape index (κ2) is 5.35. The fourth-order valence-corrected chi connectivity index (χ4v) is 2.58. The molecule has 2 atom stereocenters. The van der Waals surface area contributed by atoms with E-state index in [9.17, 15) is 4.79 Å². The van der Waals surface area contributed by atoms with Crippen molar-refractivity contribution in [3.05, 3.63) is 29.8 Å². The molecule has 0 fully saturated rings. The number of hydrogen-bond acceptors (Lipinski definition) is 2. The molecule has 1 amide bonds. The molecule has 0 N–H and O–H groups in total. The van der Waals surface area contributed by atoms with Gasteiger partial charge in [0.2, 0.25) is 5.91 Å². The van der Waals surface area contributed by atoms with E-state index in [0.717, 1.165) is 18.5 Å². The van der Waals surface area contributed by atoms with Gasteiger partial charge in [0.1, 0.15) is 0 Å². The summed E-state index contributed by atoms with van der Waals surface area (Å²) in [4.78, 5) is 14.5. The number of carbonyl (C=O) groups is 1. The van der Waals surface area contributed by atoms with Gasteiger partial charge in [0, 0.05) is 11.7 Å². The van der Waals surface area contributed by atoms with E-state index < -0.39 is 0 Å². The Hall–Kier alpha value is -0.960. The van der Waals surface area contributed by atoms with Gasteiger partial charge in [0.05, 0.1) is 5.25 Å². The number of anilines is 1. The first kappa shape index (κ1) is 13.5. The molecule has 1 aromatic carbocycles. The molecule has 18 heavy (non-hydrogen) atoms. The van der Waals surface area contributed by atoms with Crippen LogP contribution in [0.5, 0.6) is 0 Å². The summed E-state index contributed by atoms with van der Waals surface area (Å²) in [5.41, 5.74) is 2.34. The van der Waals surface area contributed by atoms with Crippen LogP contribution in [-0.2, 0) is 11.2 Å². The summed E-state index contributed by atoms with van der Waals surface area (Å²) in [7, 11) is 0. The van der Waals surface area contributed by atoms with Crippen molar-refractivity contribution in [1.29, 1.82) is 0 Å². The zero-order valence-electron chi connectivity index (χ0n) is 11.3.